The maximum absolute atomic E-state index is 12.9. The lowest BCUT2D eigenvalue weighted by atomic mass is 9.99. The molecule has 0 spiro atoms. The van der Waals surface area contributed by atoms with Crippen LogP contribution in [0.5, 0.6) is 0 Å². The third-order valence-electron chi connectivity index (χ3n) is 4.24. The first-order chi connectivity index (χ1) is 12.6. The Morgan fingerprint density at radius 2 is 1.70 bits per heavy atom. The van der Waals surface area contributed by atoms with Crippen molar-refractivity contribution >= 4 is 21.6 Å². The van der Waals surface area contributed by atoms with Crippen LogP contribution in [-0.2, 0) is 10.0 Å². The summed E-state index contributed by atoms with van der Waals surface area (Å²) in [4.78, 5) is 12.3. The lowest BCUT2D eigenvalue weighted by Crippen LogP contribution is -2.27. The summed E-state index contributed by atoms with van der Waals surface area (Å²) in [5, 5.41) is 2.81. The Morgan fingerprint density at radius 3 is 2.33 bits per heavy atom. The lowest BCUT2D eigenvalue weighted by Gasteiger charge is -2.17. The summed E-state index contributed by atoms with van der Waals surface area (Å²) in [6.07, 6.45) is 0. The van der Waals surface area contributed by atoms with E-state index in [1.54, 1.807) is 12.1 Å². The molecule has 0 aliphatic rings. The molecule has 0 saturated heterocycles. The smallest absolute Gasteiger partial charge is 0.261 e. The van der Waals surface area contributed by atoms with E-state index in [9.17, 15) is 13.2 Å². The summed E-state index contributed by atoms with van der Waals surface area (Å²) in [7, 11) is -3.81. The summed E-state index contributed by atoms with van der Waals surface area (Å²) in [5.41, 5.74) is 2.72. The van der Waals surface area contributed by atoms with Crippen LogP contribution >= 0.6 is 0 Å². The largest absolute Gasteiger partial charge is 0.352 e. The van der Waals surface area contributed by atoms with Crippen molar-refractivity contribution < 1.29 is 13.2 Å². The third-order valence-corrected chi connectivity index (χ3v) is 5.59. The van der Waals surface area contributed by atoms with Crippen molar-refractivity contribution in [1.82, 2.24) is 5.32 Å². The monoisotopic (exact) mass is 388 g/mol. The van der Waals surface area contributed by atoms with Crippen LogP contribution in [0.3, 0.4) is 0 Å². The predicted molar refractivity (Wildman–Crippen MR) is 110 cm³/mol. The Bertz CT molecular complexity index is 919. The number of anilines is 1. The van der Waals surface area contributed by atoms with Crippen LogP contribution in [0.4, 0.5) is 5.69 Å². The van der Waals surface area contributed by atoms with E-state index in [4.69, 9.17) is 0 Å². The van der Waals surface area contributed by atoms with Crippen LogP contribution in [0.1, 0.15) is 55.1 Å². The highest BCUT2D eigenvalue weighted by molar-refractivity contribution is 7.92. The van der Waals surface area contributed by atoms with E-state index in [1.165, 1.54) is 12.1 Å². The van der Waals surface area contributed by atoms with Crippen LogP contribution < -0.4 is 10.0 Å². The van der Waals surface area contributed by atoms with Crippen LogP contribution in [-0.4, -0.2) is 20.9 Å². The van der Waals surface area contributed by atoms with Crippen molar-refractivity contribution in [3.8, 4) is 0 Å². The fourth-order valence-electron chi connectivity index (χ4n) is 2.71. The zero-order valence-corrected chi connectivity index (χ0v) is 17.4. The molecule has 2 N–H and O–H groups in total. The maximum Gasteiger partial charge on any atom is 0.261 e. The molecule has 2 aromatic rings. The fraction of sp³-hybridized carbons (Fsp3) is 0.381. The summed E-state index contributed by atoms with van der Waals surface area (Å²) in [6.45, 7) is 10.5. The average molecular weight is 389 g/mol. The quantitative estimate of drug-likeness (QED) is 0.742. The highest BCUT2D eigenvalue weighted by Gasteiger charge is 2.20. The average Bonchev–Trinajstić information content (AvgIpc) is 2.61. The minimum atomic E-state index is -3.81. The number of amides is 1. The molecule has 0 aliphatic heterocycles. The van der Waals surface area contributed by atoms with Crippen LogP contribution in [0, 0.1) is 12.8 Å². The van der Waals surface area contributed by atoms with E-state index in [-0.39, 0.29) is 16.7 Å². The summed E-state index contributed by atoms with van der Waals surface area (Å²) in [6, 6.07) is 11.8. The van der Waals surface area contributed by atoms with E-state index < -0.39 is 10.0 Å². The predicted octanol–water partition coefficient (Wildman–Crippen LogP) is 4.31. The second-order valence-electron chi connectivity index (χ2n) is 7.43. The van der Waals surface area contributed by atoms with Gasteiger partial charge in [-0.15, -0.1) is 0 Å². The molecule has 1 amide bonds. The van der Waals surface area contributed by atoms with E-state index in [0.29, 0.717) is 23.7 Å². The van der Waals surface area contributed by atoms with Crippen molar-refractivity contribution in [1.29, 1.82) is 0 Å². The third kappa shape index (κ3) is 5.32. The van der Waals surface area contributed by atoms with Gasteiger partial charge in [0.25, 0.3) is 15.9 Å². The highest BCUT2D eigenvalue weighted by atomic mass is 32.2. The molecule has 0 bridgehead atoms. The van der Waals surface area contributed by atoms with Gasteiger partial charge in [-0.2, -0.15) is 0 Å². The Kier molecular flexibility index (Phi) is 6.65. The van der Waals surface area contributed by atoms with Gasteiger partial charge in [0.05, 0.1) is 10.6 Å². The molecule has 5 nitrogen and oxygen atoms in total. The molecule has 0 saturated carbocycles. The number of nitrogens with one attached hydrogen (secondary N) is 2. The molecule has 0 heterocycles. The number of carbonyl (C=O) groups is 1. The van der Waals surface area contributed by atoms with Crippen molar-refractivity contribution in [2.45, 2.75) is 45.4 Å². The van der Waals surface area contributed by atoms with Gasteiger partial charge in [-0.3, -0.25) is 9.52 Å². The molecule has 0 aromatic heterocycles. The van der Waals surface area contributed by atoms with Gasteiger partial charge in [0.1, 0.15) is 0 Å². The van der Waals surface area contributed by atoms with Gasteiger partial charge >= 0.3 is 0 Å². The Morgan fingerprint density at radius 1 is 1.04 bits per heavy atom. The maximum atomic E-state index is 12.9. The van der Waals surface area contributed by atoms with Gasteiger partial charge in [0.2, 0.25) is 0 Å². The molecule has 2 aromatic carbocycles. The summed E-state index contributed by atoms with van der Waals surface area (Å²) < 4.78 is 28.6. The summed E-state index contributed by atoms with van der Waals surface area (Å²) in [5.74, 6) is 0.216. The Labute approximate surface area is 162 Å². The molecular weight excluding hydrogens is 360 g/mol. The normalized spacial score (nSPS) is 11.7. The zero-order chi connectivity index (χ0) is 20.2. The number of rotatable bonds is 7. The number of benzene rings is 2. The van der Waals surface area contributed by atoms with Gasteiger partial charge in [-0.05, 0) is 48.1 Å². The molecule has 0 fully saturated rings. The minimum Gasteiger partial charge on any atom is -0.352 e. The molecule has 0 atom stereocenters. The first-order valence-corrected chi connectivity index (χ1v) is 10.6. The molecule has 27 heavy (non-hydrogen) atoms. The topological polar surface area (TPSA) is 75.3 Å². The molecule has 146 valence electrons. The van der Waals surface area contributed by atoms with Crippen molar-refractivity contribution in [2.24, 2.45) is 5.92 Å². The SMILES string of the molecule is Cc1cccc(C(C)C)c1NS(=O)(=O)c1cccc(C(=O)NCC(C)C)c1. The van der Waals surface area contributed by atoms with Crippen molar-refractivity contribution in [3.63, 3.8) is 0 Å². The number of hydrogen-bond donors (Lipinski definition) is 2. The van der Waals surface area contributed by atoms with Crippen molar-refractivity contribution in [3.05, 3.63) is 59.2 Å². The van der Waals surface area contributed by atoms with Gasteiger partial charge in [0.15, 0.2) is 0 Å². The van der Waals surface area contributed by atoms with Gasteiger partial charge in [-0.1, -0.05) is 52.0 Å². The Balaban J connectivity index is 2.33. The molecule has 6 heteroatoms. The molecule has 2 rings (SSSR count). The number of aryl methyl sites for hydroxylation is 1. The number of sulfonamides is 1. The standard InChI is InChI=1S/C21H28N2O3S/c1-14(2)13-22-21(24)17-9-7-10-18(12-17)27(25,26)23-20-16(5)8-6-11-19(20)15(3)4/h6-12,14-15,23H,13H2,1-5H3,(H,22,24). The van der Waals surface area contributed by atoms with Gasteiger partial charge in [-0.25, -0.2) is 8.42 Å². The number of hydrogen-bond acceptors (Lipinski definition) is 3. The van der Waals surface area contributed by atoms with Gasteiger partial charge < -0.3 is 5.32 Å². The van der Waals surface area contributed by atoms with Crippen LogP contribution in [0.15, 0.2) is 47.4 Å². The van der Waals surface area contributed by atoms with Crippen molar-refractivity contribution in [2.75, 3.05) is 11.3 Å². The van der Waals surface area contributed by atoms with E-state index in [0.717, 1.165) is 11.1 Å². The van der Waals surface area contributed by atoms with E-state index in [2.05, 4.69) is 10.0 Å². The van der Waals surface area contributed by atoms with Gasteiger partial charge in [0, 0.05) is 12.1 Å². The summed E-state index contributed by atoms with van der Waals surface area (Å²) >= 11 is 0. The molecule has 0 unspecified atom stereocenters. The first kappa shape index (κ1) is 21.0. The number of carbonyl (C=O) groups excluding carboxylic acids is 1. The lowest BCUT2D eigenvalue weighted by molar-refractivity contribution is 0.0949. The second kappa shape index (κ2) is 8.57. The first-order valence-electron chi connectivity index (χ1n) is 9.12. The molecule has 0 aliphatic carbocycles. The molecule has 0 radical (unpaired) electrons. The highest BCUT2D eigenvalue weighted by Crippen LogP contribution is 2.29. The van der Waals surface area contributed by atoms with E-state index in [1.807, 2.05) is 52.8 Å². The fourth-order valence-corrected chi connectivity index (χ4v) is 3.91. The zero-order valence-electron chi connectivity index (χ0n) is 16.5. The Hall–Kier alpha value is -2.34. The van der Waals surface area contributed by atoms with Crippen LogP contribution in [0.25, 0.3) is 0 Å². The molecular formula is C21H28N2O3S. The van der Waals surface area contributed by atoms with E-state index >= 15 is 0 Å². The number of para-hydroxylation sites is 1. The van der Waals surface area contributed by atoms with Crippen LogP contribution in [0.2, 0.25) is 0 Å². The minimum absolute atomic E-state index is 0.0673. The second-order valence-corrected chi connectivity index (χ2v) is 9.11.